The zero-order chi connectivity index (χ0) is 12.1. The minimum Gasteiger partial charge on any atom is -0.478 e. The number of nitrogens with zero attached hydrogens (tertiary/aromatic N) is 2. The van der Waals surface area contributed by atoms with Crippen LogP contribution < -0.4 is 0 Å². The third-order valence-corrected chi connectivity index (χ3v) is 1.99. The molecule has 0 spiro atoms. The van der Waals surface area contributed by atoms with Gasteiger partial charge in [-0.05, 0) is 36.1 Å². The van der Waals surface area contributed by atoms with Gasteiger partial charge in [0.15, 0.2) is 0 Å². The monoisotopic (exact) mass is 224 g/mol. The molecule has 0 atom stereocenters. The predicted octanol–water partition coefficient (Wildman–Crippen LogP) is 1.57. The molecule has 0 saturated carbocycles. The largest absolute Gasteiger partial charge is 0.478 e. The Morgan fingerprint density at radius 3 is 2.53 bits per heavy atom. The zero-order valence-corrected chi connectivity index (χ0v) is 8.79. The van der Waals surface area contributed by atoms with Gasteiger partial charge in [0.1, 0.15) is 11.4 Å². The van der Waals surface area contributed by atoms with Gasteiger partial charge in [0.2, 0.25) is 0 Å². The average molecular weight is 224 g/mol. The maximum absolute atomic E-state index is 10.7. The summed E-state index contributed by atoms with van der Waals surface area (Å²) in [7, 11) is 0. The number of rotatable bonds is 1. The van der Waals surface area contributed by atoms with E-state index >= 15 is 0 Å². The Morgan fingerprint density at radius 1 is 1.06 bits per heavy atom. The molecule has 2 heterocycles. The summed E-state index contributed by atoms with van der Waals surface area (Å²) in [6.07, 6.45) is 3.07. The van der Waals surface area contributed by atoms with Crippen LogP contribution in [0.25, 0.3) is 0 Å². The van der Waals surface area contributed by atoms with Crippen LogP contribution in [-0.2, 0) is 0 Å². The van der Waals surface area contributed by atoms with Gasteiger partial charge in [0.25, 0.3) is 0 Å². The van der Waals surface area contributed by atoms with E-state index in [1.165, 1.54) is 18.3 Å². The van der Waals surface area contributed by atoms with Crippen LogP contribution in [0, 0.1) is 11.8 Å². The number of aromatic nitrogens is 2. The van der Waals surface area contributed by atoms with Gasteiger partial charge in [-0.15, -0.1) is 0 Å². The van der Waals surface area contributed by atoms with Crippen LogP contribution in [0.2, 0.25) is 0 Å². The molecule has 0 saturated heterocycles. The Kier molecular flexibility index (Phi) is 3.13. The average Bonchev–Trinajstić information content (AvgIpc) is 2.38. The molecule has 0 fully saturated rings. The van der Waals surface area contributed by atoms with Crippen molar-refractivity contribution in [2.24, 2.45) is 0 Å². The standard InChI is InChI=1S/C13H8N2O2/c16-13(17)10-6-8-15-12(9-10)5-4-11-3-1-2-7-14-11/h1-3,6-9H,(H,16,17). The normalized spacial score (nSPS) is 9.18. The summed E-state index contributed by atoms with van der Waals surface area (Å²) in [5.74, 6) is 4.59. The Hall–Kier alpha value is -2.67. The number of carbonyl (C=O) groups is 1. The summed E-state index contributed by atoms with van der Waals surface area (Å²) >= 11 is 0. The highest BCUT2D eigenvalue weighted by molar-refractivity contribution is 5.87. The van der Waals surface area contributed by atoms with Crippen LogP contribution in [-0.4, -0.2) is 21.0 Å². The summed E-state index contributed by atoms with van der Waals surface area (Å²) < 4.78 is 0. The Labute approximate surface area is 98.0 Å². The molecule has 17 heavy (non-hydrogen) atoms. The molecule has 0 amide bonds. The highest BCUT2D eigenvalue weighted by Gasteiger charge is 2.02. The lowest BCUT2D eigenvalue weighted by Crippen LogP contribution is -1.97. The number of hydrogen-bond acceptors (Lipinski definition) is 3. The van der Waals surface area contributed by atoms with Gasteiger partial charge in [-0.3, -0.25) is 0 Å². The van der Waals surface area contributed by atoms with Gasteiger partial charge in [-0.25, -0.2) is 14.8 Å². The molecule has 0 aliphatic rings. The second-order valence-corrected chi connectivity index (χ2v) is 3.20. The van der Waals surface area contributed by atoms with E-state index in [1.54, 1.807) is 18.3 Å². The number of aromatic carboxylic acids is 1. The van der Waals surface area contributed by atoms with E-state index in [0.29, 0.717) is 11.4 Å². The summed E-state index contributed by atoms with van der Waals surface area (Å²) in [4.78, 5) is 18.7. The molecule has 0 radical (unpaired) electrons. The molecular weight excluding hydrogens is 216 g/mol. The lowest BCUT2D eigenvalue weighted by molar-refractivity contribution is 0.0696. The first-order valence-corrected chi connectivity index (χ1v) is 4.88. The van der Waals surface area contributed by atoms with Crippen LogP contribution in [0.15, 0.2) is 42.7 Å². The highest BCUT2D eigenvalue weighted by atomic mass is 16.4. The maximum atomic E-state index is 10.7. The van der Waals surface area contributed by atoms with Crippen molar-refractivity contribution in [3.05, 3.63) is 59.7 Å². The molecule has 2 rings (SSSR count). The Bertz CT molecular complexity index is 598. The van der Waals surface area contributed by atoms with Crippen molar-refractivity contribution in [2.75, 3.05) is 0 Å². The fourth-order valence-corrected chi connectivity index (χ4v) is 1.20. The van der Waals surface area contributed by atoms with Gasteiger partial charge < -0.3 is 5.11 Å². The minimum atomic E-state index is -0.992. The first-order valence-electron chi connectivity index (χ1n) is 4.88. The Morgan fingerprint density at radius 2 is 1.82 bits per heavy atom. The topological polar surface area (TPSA) is 63.1 Å². The molecule has 0 aliphatic carbocycles. The summed E-state index contributed by atoms with van der Waals surface area (Å²) in [5.41, 5.74) is 1.20. The van der Waals surface area contributed by atoms with Crippen molar-refractivity contribution < 1.29 is 9.90 Å². The van der Waals surface area contributed by atoms with E-state index in [2.05, 4.69) is 21.8 Å². The van der Waals surface area contributed by atoms with E-state index in [4.69, 9.17) is 5.11 Å². The van der Waals surface area contributed by atoms with Gasteiger partial charge in [-0.2, -0.15) is 0 Å². The van der Waals surface area contributed by atoms with Gasteiger partial charge in [0, 0.05) is 12.4 Å². The molecule has 0 aromatic carbocycles. The van der Waals surface area contributed by atoms with Crippen molar-refractivity contribution in [3.63, 3.8) is 0 Å². The smallest absolute Gasteiger partial charge is 0.335 e. The second kappa shape index (κ2) is 4.90. The molecule has 82 valence electrons. The molecule has 2 aromatic rings. The number of pyridine rings is 2. The molecule has 4 heteroatoms. The van der Waals surface area contributed by atoms with Gasteiger partial charge in [0.05, 0.1) is 5.56 Å². The fraction of sp³-hybridized carbons (Fsp3) is 0. The van der Waals surface area contributed by atoms with E-state index in [-0.39, 0.29) is 5.56 Å². The second-order valence-electron chi connectivity index (χ2n) is 3.20. The summed E-state index contributed by atoms with van der Waals surface area (Å²) in [5, 5.41) is 8.81. The molecule has 0 aliphatic heterocycles. The summed E-state index contributed by atoms with van der Waals surface area (Å²) in [6.45, 7) is 0. The van der Waals surface area contributed by atoms with Crippen molar-refractivity contribution >= 4 is 5.97 Å². The third kappa shape index (κ3) is 2.89. The molecule has 0 bridgehead atoms. The van der Waals surface area contributed by atoms with Crippen LogP contribution in [0.3, 0.4) is 0 Å². The van der Waals surface area contributed by atoms with Crippen molar-refractivity contribution in [1.82, 2.24) is 9.97 Å². The third-order valence-electron chi connectivity index (χ3n) is 1.99. The first kappa shape index (κ1) is 10.8. The molecule has 2 aromatic heterocycles. The van der Waals surface area contributed by atoms with Gasteiger partial charge in [-0.1, -0.05) is 6.07 Å². The quantitative estimate of drug-likeness (QED) is 0.747. The van der Waals surface area contributed by atoms with E-state index < -0.39 is 5.97 Å². The summed E-state index contributed by atoms with van der Waals surface area (Å²) in [6, 6.07) is 8.26. The van der Waals surface area contributed by atoms with Crippen molar-refractivity contribution in [1.29, 1.82) is 0 Å². The minimum absolute atomic E-state index is 0.172. The van der Waals surface area contributed by atoms with Crippen LogP contribution in [0.1, 0.15) is 21.7 Å². The number of carboxylic acid groups (broad SMARTS) is 1. The first-order chi connectivity index (χ1) is 8.25. The van der Waals surface area contributed by atoms with Crippen LogP contribution in [0.4, 0.5) is 0 Å². The highest BCUT2D eigenvalue weighted by Crippen LogP contribution is 2.00. The van der Waals surface area contributed by atoms with E-state index in [0.717, 1.165) is 0 Å². The fourth-order valence-electron chi connectivity index (χ4n) is 1.20. The predicted molar refractivity (Wildman–Crippen MR) is 61.4 cm³/mol. The Balaban J connectivity index is 2.28. The van der Waals surface area contributed by atoms with E-state index in [9.17, 15) is 4.79 Å². The SMILES string of the molecule is O=C(O)c1ccnc(C#Cc2ccccn2)c1. The molecular formula is C13H8N2O2. The lowest BCUT2D eigenvalue weighted by Gasteiger charge is -1.93. The zero-order valence-electron chi connectivity index (χ0n) is 8.79. The molecule has 4 nitrogen and oxygen atoms in total. The number of carboxylic acids is 1. The molecule has 1 N–H and O–H groups in total. The van der Waals surface area contributed by atoms with Crippen molar-refractivity contribution in [2.45, 2.75) is 0 Å². The van der Waals surface area contributed by atoms with Crippen LogP contribution >= 0.6 is 0 Å². The molecule has 0 unspecified atom stereocenters. The maximum Gasteiger partial charge on any atom is 0.335 e. The van der Waals surface area contributed by atoms with E-state index in [1.807, 2.05) is 6.07 Å². The number of hydrogen-bond donors (Lipinski definition) is 1. The van der Waals surface area contributed by atoms with Gasteiger partial charge >= 0.3 is 5.97 Å². The van der Waals surface area contributed by atoms with Crippen LogP contribution in [0.5, 0.6) is 0 Å². The lowest BCUT2D eigenvalue weighted by atomic mass is 10.2. The van der Waals surface area contributed by atoms with Crippen molar-refractivity contribution in [3.8, 4) is 11.8 Å².